The topological polar surface area (TPSA) is 82.6 Å². The molecule has 0 saturated carbocycles. The molecule has 1 atom stereocenters. The molecule has 0 aromatic heterocycles. The average Bonchev–Trinajstić information content (AvgIpc) is 2.81. The summed E-state index contributed by atoms with van der Waals surface area (Å²) in [5, 5.41) is 9.72. The Kier molecular flexibility index (Phi) is 5.70. The predicted molar refractivity (Wildman–Crippen MR) is 90.0 cm³/mol. The number of hydrogen-bond acceptors (Lipinski definition) is 5. The number of benzene rings is 1. The normalized spacial score (nSPS) is 18.9. The number of amides is 2. The molecule has 9 heteroatoms. The van der Waals surface area contributed by atoms with E-state index in [1.54, 1.807) is 18.2 Å². The van der Waals surface area contributed by atoms with Crippen LogP contribution in [-0.4, -0.2) is 22.2 Å². The fraction of sp³-hybridized carbons (Fsp3) is 0.154. The van der Waals surface area contributed by atoms with Crippen LogP contribution in [-0.2, 0) is 9.59 Å². The molecule has 1 aromatic carbocycles. The number of nitrogens with zero attached hydrogens (tertiary/aromatic N) is 1. The number of carbonyl (C=O) groups excluding carboxylic acids is 2. The lowest BCUT2D eigenvalue weighted by Gasteiger charge is -2.08. The van der Waals surface area contributed by atoms with Gasteiger partial charge < -0.3 is 10.6 Å². The first-order chi connectivity index (χ1) is 10.5. The van der Waals surface area contributed by atoms with Crippen molar-refractivity contribution in [2.75, 3.05) is 5.32 Å². The van der Waals surface area contributed by atoms with Crippen LogP contribution in [0.4, 0.5) is 5.69 Å². The molecule has 0 radical (unpaired) electrons. The molecule has 0 bridgehead atoms. The lowest BCUT2D eigenvalue weighted by molar-refractivity contribution is -0.122. The maximum atomic E-state index is 12.0. The van der Waals surface area contributed by atoms with Crippen molar-refractivity contribution in [2.24, 2.45) is 5.10 Å². The molecule has 1 aromatic rings. The molecule has 1 heterocycles. The van der Waals surface area contributed by atoms with Gasteiger partial charge in [0.25, 0.3) is 0 Å². The quantitative estimate of drug-likeness (QED) is 0.706. The molecule has 1 fully saturated rings. The SMILES string of the molecule is C=CN/N=C1\NC(=O)[C@H](CC(=O)Nc2ccc(Cl)c(Cl)c2)S1. The number of carbonyl (C=O) groups is 2. The maximum absolute atomic E-state index is 12.0. The molecule has 6 nitrogen and oxygen atoms in total. The van der Waals surface area contributed by atoms with E-state index in [9.17, 15) is 9.59 Å². The van der Waals surface area contributed by atoms with Gasteiger partial charge in [0.15, 0.2) is 5.17 Å². The summed E-state index contributed by atoms with van der Waals surface area (Å²) in [6.07, 6.45) is 1.40. The highest BCUT2D eigenvalue weighted by atomic mass is 35.5. The summed E-state index contributed by atoms with van der Waals surface area (Å²) in [7, 11) is 0. The molecule has 2 amide bonds. The standard InChI is InChI=1S/C13H12Cl2N4O2S/c1-2-16-19-13-18-12(21)10(22-13)6-11(20)17-7-3-4-8(14)9(15)5-7/h2-5,10,16H,1,6H2,(H,17,20)(H,18,19,21)/t10-/m0/s1. The van der Waals surface area contributed by atoms with Gasteiger partial charge in [0.2, 0.25) is 11.8 Å². The first-order valence-electron chi connectivity index (χ1n) is 6.16. The van der Waals surface area contributed by atoms with Crippen LogP contribution in [0.5, 0.6) is 0 Å². The van der Waals surface area contributed by atoms with Gasteiger partial charge in [-0.3, -0.25) is 15.0 Å². The van der Waals surface area contributed by atoms with Crippen LogP contribution in [0.25, 0.3) is 0 Å². The molecule has 22 heavy (non-hydrogen) atoms. The van der Waals surface area contributed by atoms with Crippen molar-refractivity contribution in [1.82, 2.24) is 10.7 Å². The van der Waals surface area contributed by atoms with Gasteiger partial charge in [-0.05, 0) is 18.2 Å². The largest absolute Gasteiger partial charge is 0.326 e. The molecule has 0 spiro atoms. The second kappa shape index (κ2) is 7.53. The molecular weight excluding hydrogens is 347 g/mol. The Morgan fingerprint density at radius 3 is 2.91 bits per heavy atom. The number of hydrogen-bond donors (Lipinski definition) is 3. The summed E-state index contributed by atoms with van der Waals surface area (Å²) in [4.78, 5) is 23.7. The highest BCUT2D eigenvalue weighted by Crippen LogP contribution is 2.26. The third-order valence-corrected chi connectivity index (χ3v) is 4.43. The summed E-state index contributed by atoms with van der Waals surface area (Å²) >= 11 is 12.9. The summed E-state index contributed by atoms with van der Waals surface area (Å²) in [6.45, 7) is 3.44. The van der Waals surface area contributed by atoms with E-state index in [1.165, 1.54) is 18.0 Å². The van der Waals surface area contributed by atoms with E-state index in [1.807, 2.05) is 0 Å². The van der Waals surface area contributed by atoms with Gasteiger partial charge in [0.1, 0.15) is 5.25 Å². The number of anilines is 1. The van der Waals surface area contributed by atoms with Gasteiger partial charge in [-0.2, -0.15) is 5.10 Å². The van der Waals surface area contributed by atoms with E-state index >= 15 is 0 Å². The molecule has 1 aliphatic rings. The number of halogens is 2. The van der Waals surface area contributed by atoms with E-state index < -0.39 is 5.25 Å². The third kappa shape index (κ3) is 4.40. The Labute approximate surface area is 141 Å². The molecule has 0 unspecified atom stereocenters. The van der Waals surface area contributed by atoms with E-state index in [0.717, 1.165) is 0 Å². The van der Waals surface area contributed by atoms with E-state index in [0.29, 0.717) is 20.9 Å². The zero-order valence-corrected chi connectivity index (χ0v) is 13.6. The highest BCUT2D eigenvalue weighted by Gasteiger charge is 2.32. The minimum absolute atomic E-state index is 0.0177. The van der Waals surface area contributed by atoms with Crippen molar-refractivity contribution in [3.05, 3.63) is 41.0 Å². The van der Waals surface area contributed by atoms with Gasteiger partial charge in [0.05, 0.1) is 10.0 Å². The Balaban J connectivity index is 1.93. The van der Waals surface area contributed by atoms with Crippen LogP contribution in [0.15, 0.2) is 36.1 Å². The van der Waals surface area contributed by atoms with E-state index in [-0.39, 0.29) is 18.2 Å². The second-order valence-electron chi connectivity index (χ2n) is 4.23. The maximum Gasteiger partial charge on any atom is 0.240 e. The van der Waals surface area contributed by atoms with Crippen LogP contribution in [0.2, 0.25) is 10.0 Å². The zero-order chi connectivity index (χ0) is 16.1. The second-order valence-corrected chi connectivity index (χ2v) is 6.23. The summed E-state index contributed by atoms with van der Waals surface area (Å²) in [6, 6.07) is 4.77. The lowest BCUT2D eigenvalue weighted by atomic mass is 10.2. The Hall–Kier alpha value is -1.70. The van der Waals surface area contributed by atoms with Crippen molar-refractivity contribution in [3.8, 4) is 0 Å². The first kappa shape index (κ1) is 16.7. The van der Waals surface area contributed by atoms with Crippen molar-refractivity contribution in [3.63, 3.8) is 0 Å². The predicted octanol–water partition coefficient (Wildman–Crippen LogP) is 2.56. The number of thioether (sulfide) groups is 1. The number of amidine groups is 1. The van der Waals surface area contributed by atoms with Crippen molar-refractivity contribution in [1.29, 1.82) is 0 Å². The number of hydrazone groups is 1. The van der Waals surface area contributed by atoms with Gasteiger partial charge in [0, 0.05) is 18.3 Å². The average molecular weight is 359 g/mol. The number of rotatable bonds is 5. The van der Waals surface area contributed by atoms with Crippen LogP contribution in [0, 0.1) is 0 Å². The number of nitrogens with one attached hydrogen (secondary N) is 3. The van der Waals surface area contributed by atoms with Gasteiger partial charge in [-0.25, -0.2) is 0 Å². The third-order valence-electron chi connectivity index (χ3n) is 2.61. The molecule has 1 aliphatic heterocycles. The van der Waals surface area contributed by atoms with Crippen molar-refractivity contribution in [2.45, 2.75) is 11.7 Å². The molecule has 1 saturated heterocycles. The minimum Gasteiger partial charge on any atom is -0.326 e. The molecular formula is C13H12Cl2N4O2S. The van der Waals surface area contributed by atoms with Crippen molar-refractivity contribution >= 4 is 57.6 Å². The molecule has 3 N–H and O–H groups in total. The van der Waals surface area contributed by atoms with Gasteiger partial charge in [-0.1, -0.05) is 41.5 Å². The van der Waals surface area contributed by atoms with Crippen molar-refractivity contribution < 1.29 is 9.59 Å². The molecule has 2 rings (SSSR count). The van der Waals surface area contributed by atoms with Gasteiger partial charge >= 0.3 is 0 Å². The smallest absolute Gasteiger partial charge is 0.240 e. The van der Waals surface area contributed by atoms with Crippen LogP contribution in [0.3, 0.4) is 0 Å². The fourth-order valence-electron chi connectivity index (χ4n) is 1.65. The Morgan fingerprint density at radius 2 is 2.23 bits per heavy atom. The fourth-order valence-corrected chi connectivity index (χ4v) is 2.88. The molecule has 116 valence electrons. The Bertz CT molecular complexity index is 651. The van der Waals surface area contributed by atoms with E-state index in [4.69, 9.17) is 23.2 Å². The summed E-state index contributed by atoms with van der Waals surface area (Å²) < 4.78 is 0. The van der Waals surface area contributed by atoms with E-state index in [2.05, 4.69) is 27.7 Å². The Morgan fingerprint density at radius 1 is 1.45 bits per heavy atom. The highest BCUT2D eigenvalue weighted by molar-refractivity contribution is 8.15. The lowest BCUT2D eigenvalue weighted by Crippen LogP contribution is -2.28. The van der Waals surface area contributed by atoms with Crippen LogP contribution < -0.4 is 16.1 Å². The van der Waals surface area contributed by atoms with Crippen LogP contribution in [0.1, 0.15) is 6.42 Å². The summed E-state index contributed by atoms with van der Waals surface area (Å²) in [5.74, 6) is -0.567. The zero-order valence-electron chi connectivity index (χ0n) is 11.2. The monoisotopic (exact) mass is 358 g/mol. The minimum atomic E-state index is -0.534. The van der Waals surface area contributed by atoms with Crippen LogP contribution >= 0.6 is 35.0 Å². The first-order valence-corrected chi connectivity index (χ1v) is 7.79. The molecule has 0 aliphatic carbocycles. The van der Waals surface area contributed by atoms with Gasteiger partial charge in [-0.15, -0.1) is 0 Å². The summed E-state index contributed by atoms with van der Waals surface area (Å²) in [5.41, 5.74) is 3.04.